The van der Waals surface area contributed by atoms with Crippen LogP contribution < -0.4 is 5.32 Å². The number of non-ortho nitro benzene ring substituents is 1. The molecule has 0 radical (unpaired) electrons. The van der Waals surface area contributed by atoms with Gasteiger partial charge in [0.05, 0.1) is 21.1 Å². The van der Waals surface area contributed by atoms with Gasteiger partial charge >= 0.3 is 0 Å². The van der Waals surface area contributed by atoms with E-state index >= 15 is 0 Å². The maximum absolute atomic E-state index is 10.8. The molecule has 112 valence electrons. The lowest BCUT2D eigenvalue weighted by Crippen LogP contribution is -2.22. The molecule has 1 atom stereocenters. The predicted molar refractivity (Wildman–Crippen MR) is 80.2 cm³/mol. The molecule has 0 aliphatic heterocycles. The number of hydrogen-bond acceptors (Lipinski definition) is 6. The highest BCUT2D eigenvalue weighted by Crippen LogP contribution is 2.27. The Morgan fingerprint density at radius 3 is 2.90 bits per heavy atom. The number of rotatable bonds is 6. The smallest absolute Gasteiger partial charge is 0.270 e. The van der Waals surface area contributed by atoms with E-state index in [1.807, 2.05) is 6.92 Å². The van der Waals surface area contributed by atoms with Gasteiger partial charge in [-0.3, -0.25) is 10.1 Å². The van der Waals surface area contributed by atoms with Crippen molar-refractivity contribution in [1.29, 1.82) is 0 Å². The maximum Gasteiger partial charge on any atom is 0.270 e. The first kappa shape index (κ1) is 15.5. The summed E-state index contributed by atoms with van der Waals surface area (Å²) in [6.45, 7) is 4.90. The fourth-order valence-electron chi connectivity index (χ4n) is 1.87. The van der Waals surface area contributed by atoms with Crippen LogP contribution in [0.5, 0.6) is 0 Å². The topological polar surface area (TPSA) is 98.8 Å². The molecule has 9 heteroatoms. The molecule has 0 bridgehead atoms. The molecule has 1 aromatic heterocycles. The van der Waals surface area contributed by atoms with Crippen LogP contribution in [0.4, 0.5) is 5.69 Å². The third kappa shape index (κ3) is 3.42. The summed E-state index contributed by atoms with van der Waals surface area (Å²) in [5, 5.41) is 25.8. The SMILES string of the molecule is CCCNC(C)c1nnnn1-c1ccc([N+](=O)[O-])cc1Br. The molecule has 0 saturated carbocycles. The van der Waals surface area contributed by atoms with Crippen molar-refractivity contribution in [3.63, 3.8) is 0 Å². The van der Waals surface area contributed by atoms with Crippen molar-refractivity contribution < 1.29 is 4.92 Å². The van der Waals surface area contributed by atoms with Crippen LogP contribution in [0.1, 0.15) is 32.1 Å². The summed E-state index contributed by atoms with van der Waals surface area (Å²) in [5.74, 6) is 0.651. The van der Waals surface area contributed by atoms with Crippen LogP contribution >= 0.6 is 15.9 Å². The van der Waals surface area contributed by atoms with Crippen molar-refractivity contribution in [2.75, 3.05) is 6.54 Å². The van der Waals surface area contributed by atoms with E-state index in [2.05, 4.69) is 43.7 Å². The van der Waals surface area contributed by atoms with Gasteiger partial charge in [-0.1, -0.05) is 6.92 Å². The molecular weight excluding hydrogens is 340 g/mol. The third-order valence-electron chi connectivity index (χ3n) is 2.95. The zero-order valence-electron chi connectivity index (χ0n) is 11.7. The van der Waals surface area contributed by atoms with Crippen LogP contribution in [0, 0.1) is 10.1 Å². The van der Waals surface area contributed by atoms with Gasteiger partial charge in [-0.05, 0) is 52.3 Å². The first-order chi connectivity index (χ1) is 10.0. The van der Waals surface area contributed by atoms with Gasteiger partial charge in [0.15, 0.2) is 5.82 Å². The molecule has 21 heavy (non-hydrogen) atoms. The lowest BCUT2D eigenvalue weighted by Gasteiger charge is -2.13. The number of halogens is 1. The Labute approximate surface area is 129 Å². The Balaban J connectivity index is 2.35. The van der Waals surface area contributed by atoms with E-state index in [-0.39, 0.29) is 11.7 Å². The molecule has 8 nitrogen and oxygen atoms in total. The second-order valence-corrected chi connectivity index (χ2v) is 5.37. The molecule has 0 spiro atoms. The van der Waals surface area contributed by atoms with Gasteiger partial charge in [0.2, 0.25) is 0 Å². The Hall–Kier alpha value is -1.87. The monoisotopic (exact) mass is 354 g/mol. The van der Waals surface area contributed by atoms with Crippen LogP contribution in [-0.4, -0.2) is 31.7 Å². The lowest BCUT2D eigenvalue weighted by molar-refractivity contribution is -0.384. The molecular formula is C12H15BrN6O2. The second-order valence-electron chi connectivity index (χ2n) is 4.52. The highest BCUT2D eigenvalue weighted by Gasteiger charge is 2.18. The van der Waals surface area contributed by atoms with Crippen LogP contribution in [-0.2, 0) is 0 Å². The zero-order chi connectivity index (χ0) is 15.4. The van der Waals surface area contributed by atoms with Crippen molar-refractivity contribution >= 4 is 21.6 Å². The molecule has 2 aromatic rings. The Kier molecular flexibility index (Phi) is 4.97. The summed E-state index contributed by atoms with van der Waals surface area (Å²) in [6, 6.07) is 4.46. The fourth-order valence-corrected chi connectivity index (χ4v) is 2.40. The van der Waals surface area contributed by atoms with Gasteiger partial charge in [-0.2, -0.15) is 4.68 Å². The van der Waals surface area contributed by atoms with E-state index in [4.69, 9.17) is 0 Å². The van der Waals surface area contributed by atoms with Crippen molar-refractivity contribution in [1.82, 2.24) is 25.5 Å². The minimum atomic E-state index is -0.444. The highest BCUT2D eigenvalue weighted by atomic mass is 79.9. The Morgan fingerprint density at radius 1 is 1.52 bits per heavy atom. The van der Waals surface area contributed by atoms with Crippen LogP contribution in [0.15, 0.2) is 22.7 Å². The molecule has 1 N–H and O–H groups in total. The van der Waals surface area contributed by atoms with Gasteiger partial charge in [0.25, 0.3) is 5.69 Å². The average molecular weight is 355 g/mol. The Bertz CT molecular complexity index is 644. The number of nitrogens with zero attached hydrogens (tertiary/aromatic N) is 5. The number of nitro groups is 1. The summed E-state index contributed by atoms with van der Waals surface area (Å²) < 4.78 is 2.13. The van der Waals surface area contributed by atoms with Crippen molar-refractivity contribution in [2.45, 2.75) is 26.3 Å². The van der Waals surface area contributed by atoms with Crippen molar-refractivity contribution in [3.05, 3.63) is 38.6 Å². The van der Waals surface area contributed by atoms with Crippen molar-refractivity contribution in [2.24, 2.45) is 0 Å². The lowest BCUT2D eigenvalue weighted by atomic mass is 10.2. The number of benzene rings is 1. The molecule has 0 amide bonds. The van der Waals surface area contributed by atoms with E-state index in [1.54, 1.807) is 10.7 Å². The second kappa shape index (κ2) is 6.72. The maximum atomic E-state index is 10.8. The predicted octanol–water partition coefficient (Wildman–Crippen LogP) is 2.39. The van der Waals surface area contributed by atoms with E-state index < -0.39 is 4.92 Å². The quantitative estimate of drug-likeness (QED) is 0.631. The standard InChI is InChI=1S/C12H15BrN6O2/c1-3-6-14-8(2)12-15-16-17-18(12)11-5-4-9(19(20)21)7-10(11)13/h4-5,7-8,14H,3,6H2,1-2H3. The van der Waals surface area contributed by atoms with Gasteiger partial charge in [-0.25, -0.2) is 0 Å². The van der Waals surface area contributed by atoms with E-state index in [0.717, 1.165) is 13.0 Å². The summed E-state index contributed by atoms with van der Waals surface area (Å²) in [6.07, 6.45) is 1.01. The fraction of sp³-hybridized carbons (Fsp3) is 0.417. The highest BCUT2D eigenvalue weighted by molar-refractivity contribution is 9.10. The van der Waals surface area contributed by atoms with E-state index in [9.17, 15) is 10.1 Å². The summed E-state index contributed by atoms with van der Waals surface area (Å²) >= 11 is 3.33. The number of nitro benzene ring substituents is 1. The first-order valence-corrected chi connectivity index (χ1v) is 7.29. The molecule has 1 heterocycles. The average Bonchev–Trinajstić information content (AvgIpc) is 2.93. The molecule has 1 unspecified atom stereocenters. The molecule has 2 rings (SSSR count). The molecule has 1 aromatic carbocycles. The van der Waals surface area contributed by atoms with Crippen LogP contribution in [0.2, 0.25) is 0 Å². The van der Waals surface area contributed by atoms with Crippen molar-refractivity contribution in [3.8, 4) is 5.69 Å². The summed E-state index contributed by atoms with van der Waals surface area (Å²) in [7, 11) is 0. The number of aromatic nitrogens is 4. The zero-order valence-corrected chi connectivity index (χ0v) is 13.2. The molecule has 0 fully saturated rings. The van der Waals surface area contributed by atoms with Gasteiger partial charge in [0.1, 0.15) is 0 Å². The Morgan fingerprint density at radius 2 is 2.29 bits per heavy atom. The number of hydrogen-bond donors (Lipinski definition) is 1. The number of tetrazole rings is 1. The molecule has 0 saturated heterocycles. The first-order valence-electron chi connectivity index (χ1n) is 6.50. The summed E-state index contributed by atoms with van der Waals surface area (Å²) in [5.41, 5.74) is 0.670. The normalized spacial score (nSPS) is 12.3. The van der Waals surface area contributed by atoms with Crippen LogP contribution in [0.25, 0.3) is 5.69 Å². The van der Waals surface area contributed by atoms with Gasteiger partial charge < -0.3 is 5.32 Å². The number of nitrogens with one attached hydrogen (secondary N) is 1. The molecule has 0 aliphatic rings. The van der Waals surface area contributed by atoms with E-state index in [1.165, 1.54) is 12.1 Å². The minimum Gasteiger partial charge on any atom is -0.307 e. The van der Waals surface area contributed by atoms with Gasteiger partial charge in [-0.15, -0.1) is 5.10 Å². The van der Waals surface area contributed by atoms with Gasteiger partial charge in [0, 0.05) is 12.1 Å². The molecule has 0 aliphatic carbocycles. The third-order valence-corrected chi connectivity index (χ3v) is 3.59. The van der Waals surface area contributed by atoms with Crippen LogP contribution in [0.3, 0.4) is 0 Å². The largest absolute Gasteiger partial charge is 0.307 e. The summed E-state index contributed by atoms with van der Waals surface area (Å²) in [4.78, 5) is 10.3. The minimum absolute atomic E-state index is 0.0115. The van der Waals surface area contributed by atoms with E-state index in [0.29, 0.717) is 16.0 Å².